The average molecular weight is 575 g/mol. The van der Waals surface area contributed by atoms with Gasteiger partial charge in [0.25, 0.3) is 0 Å². The zero-order chi connectivity index (χ0) is 29.9. The fourth-order valence-corrected chi connectivity index (χ4v) is 5.57. The Morgan fingerprint density at radius 1 is 0.651 bits per heavy atom. The fraction of sp³-hybridized carbons (Fsp3) is 0.282. The summed E-state index contributed by atoms with van der Waals surface area (Å²) in [5.41, 5.74) is 11.0. The van der Waals surface area contributed by atoms with Crippen LogP contribution in [0.5, 0.6) is 11.5 Å². The van der Waals surface area contributed by atoms with Gasteiger partial charge in [0.1, 0.15) is 11.5 Å². The molecule has 0 spiro atoms. The summed E-state index contributed by atoms with van der Waals surface area (Å²) in [5.74, 6) is 1.72. The minimum Gasteiger partial charge on any atom is -0.502 e. The largest absolute Gasteiger partial charge is 0.502 e. The Bertz CT molecular complexity index is 1490. The van der Waals surface area contributed by atoms with E-state index in [1.165, 1.54) is 57.0 Å². The molecule has 1 aliphatic rings. The maximum Gasteiger partial charge on any atom is 0.239 e. The highest BCUT2D eigenvalue weighted by Crippen LogP contribution is 2.38. The lowest BCUT2D eigenvalue weighted by Crippen LogP contribution is -2.16. The van der Waals surface area contributed by atoms with Gasteiger partial charge < -0.3 is 18.9 Å². The van der Waals surface area contributed by atoms with E-state index in [2.05, 4.69) is 86.0 Å². The molecule has 0 radical (unpaired) electrons. The normalized spacial score (nSPS) is 12.1. The van der Waals surface area contributed by atoms with Crippen LogP contribution in [-0.4, -0.2) is 19.5 Å². The van der Waals surface area contributed by atoms with E-state index < -0.39 is 0 Å². The zero-order valence-corrected chi connectivity index (χ0v) is 25.2. The molecule has 0 saturated heterocycles. The Hall–Kier alpha value is -4.44. The summed E-state index contributed by atoms with van der Waals surface area (Å²) in [6, 6.07) is 30.8. The van der Waals surface area contributed by atoms with Crippen LogP contribution < -0.4 is 9.47 Å². The molecule has 0 heterocycles. The predicted octanol–water partition coefficient (Wildman–Crippen LogP) is 9.03. The maximum atomic E-state index is 5.87. The molecule has 4 aromatic carbocycles. The van der Waals surface area contributed by atoms with Crippen LogP contribution in [0.4, 0.5) is 0 Å². The molecule has 43 heavy (non-hydrogen) atoms. The van der Waals surface area contributed by atoms with E-state index in [-0.39, 0.29) is 6.29 Å². The number of hydrogen-bond acceptors (Lipinski definition) is 4. The third-order valence-electron chi connectivity index (χ3n) is 7.90. The summed E-state index contributed by atoms with van der Waals surface area (Å²) < 4.78 is 22.2. The third-order valence-corrected chi connectivity index (χ3v) is 7.90. The van der Waals surface area contributed by atoms with Gasteiger partial charge in [-0.2, -0.15) is 0 Å². The van der Waals surface area contributed by atoms with Crippen LogP contribution >= 0.6 is 0 Å². The van der Waals surface area contributed by atoms with Crippen molar-refractivity contribution in [1.82, 2.24) is 0 Å². The molecular formula is C39H42O4. The zero-order valence-electron chi connectivity index (χ0n) is 25.2. The molecule has 4 aromatic rings. The summed E-state index contributed by atoms with van der Waals surface area (Å²) in [4.78, 5) is 0. The Balaban J connectivity index is 1.11. The summed E-state index contributed by atoms with van der Waals surface area (Å²) in [7, 11) is 0. The van der Waals surface area contributed by atoms with Crippen molar-refractivity contribution in [3.63, 3.8) is 0 Å². The van der Waals surface area contributed by atoms with Crippen molar-refractivity contribution in [3.05, 3.63) is 144 Å². The van der Waals surface area contributed by atoms with Gasteiger partial charge in [-0.25, -0.2) is 0 Å². The van der Waals surface area contributed by atoms with Crippen molar-refractivity contribution in [1.29, 1.82) is 0 Å². The first-order valence-corrected chi connectivity index (χ1v) is 15.4. The number of ether oxygens (including phenoxy) is 4. The minimum atomic E-state index is -0.299. The van der Waals surface area contributed by atoms with Crippen molar-refractivity contribution in [2.75, 3.05) is 13.2 Å². The maximum absolute atomic E-state index is 5.87. The Morgan fingerprint density at radius 3 is 1.72 bits per heavy atom. The van der Waals surface area contributed by atoms with Crippen molar-refractivity contribution >= 4 is 0 Å². The first-order valence-electron chi connectivity index (χ1n) is 15.4. The lowest BCUT2D eigenvalue weighted by molar-refractivity contribution is -0.0309. The molecule has 0 amide bonds. The topological polar surface area (TPSA) is 36.9 Å². The van der Waals surface area contributed by atoms with E-state index in [0.717, 1.165) is 56.4 Å². The second-order valence-corrected chi connectivity index (χ2v) is 10.9. The van der Waals surface area contributed by atoms with Gasteiger partial charge in [-0.05, 0) is 101 Å². The molecule has 0 bridgehead atoms. The highest BCUT2D eigenvalue weighted by Gasteiger charge is 2.19. The Kier molecular flexibility index (Phi) is 10.6. The highest BCUT2D eigenvalue weighted by atomic mass is 16.7. The number of rotatable bonds is 17. The molecule has 5 rings (SSSR count). The average Bonchev–Trinajstić information content (AvgIpc) is 3.40. The van der Waals surface area contributed by atoms with Crippen LogP contribution in [0.1, 0.15) is 53.1 Å². The van der Waals surface area contributed by atoms with Gasteiger partial charge in [-0.3, -0.25) is 0 Å². The second-order valence-electron chi connectivity index (χ2n) is 10.9. The highest BCUT2D eigenvalue weighted by molar-refractivity contribution is 5.77. The minimum absolute atomic E-state index is 0.299. The van der Waals surface area contributed by atoms with Crippen molar-refractivity contribution in [3.8, 4) is 22.6 Å². The van der Waals surface area contributed by atoms with Crippen LogP contribution in [0.2, 0.25) is 0 Å². The molecular weight excluding hydrogens is 532 g/mol. The number of aryl methyl sites for hydroxylation is 4. The van der Waals surface area contributed by atoms with E-state index in [0.29, 0.717) is 13.2 Å². The standard InChI is InChI=1S/C39H42O4/c1-4-39(41-6-3)43-36-20-14-30(15-21-36)9-11-32-17-23-38-34(27-32)28-33-26-31(16-22-37(33)38)10-8-29-12-18-35(19-13-29)42-25-7-24-40-5-2/h5-6,12-23,26-27,39H,2-4,7-11,24-25,28H2,1H3. The van der Waals surface area contributed by atoms with E-state index in [1.807, 2.05) is 19.1 Å². The molecule has 1 unspecified atom stereocenters. The van der Waals surface area contributed by atoms with Gasteiger partial charge in [0.2, 0.25) is 6.29 Å². The molecule has 1 atom stereocenters. The molecule has 0 saturated carbocycles. The van der Waals surface area contributed by atoms with Crippen LogP contribution in [0.25, 0.3) is 11.1 Å². The van der Waals surface area contributed by atoms with Gasteiger partial charge in [0, 0.05) is 12.8 Å². The first kappa shape index (κ1) is 30.0. The molecule has 0 aliphatic heterocycles. The number of fused-ring (bicyclic) bond motifs is 3. The predicted molar refractivity (Wildman–Crippen MR) is 175 cm³/mol. The van der Waals surface area contributed by atoms with Gasteiger partial charge in [0.15, 0.2) is 0 Å². The van der Waals surface area contributed by atoms with Gasteiger partial charge in [-0.15, -0.1) is 0 Å². The quantitative estimate of drug-likeness (QED) is 0.0631. The summed E-state index contributed by atoms with van der Waals surface area (Å²) in [6.07, 6.45) is 9.26. The van der Waals surface area contributed by atoms with Gasteiger partial charge in [0.05, 0.1) is 25.7 Å². The van der Waals surface area contributed by atoms with Crippen molar-refractivity contribution < 1.29 is 18.9 Å². The van der Waals surface area contributed by atoms with Crippen LogP contribution in [0, 0.1) is 0 Å². The lowest BCUT2D eigenvalue weighted by Gasteiger charge is -2.16. The summed E-state index contributed by atoms with van der Waals surface area (Å²) in [6.45, 7) is 10.5. The van der Waals surface area contributed by atoms with E-state index in [4.69, 9.17) is 18.9 Å². The van der Waals surface area contributed by atoms with E-state index in [1.54, 1.807) is 0 Å². The van der Waals surface area contributed by atoms with Crippen LogP contribution in [-0.2, 0) is 41.6 Å². The SMILES string of the molecule is C=COCCCOc1ccc(CCc2ccc3c(c2)Cc2cc(CCc4ccc(OC(CC)OC=C)cc4)ccc2-3)cc1. The van der Waals surface area contributed by atoms with Crippen LogP contribution in [0.15, 0.2) is 111 Å². The van der Waals surface area contributed by atoms with Crippen molar-refractivity contribution in [2.24, 2.45) is 0 Å². The summed E-state index contributed by atoms with van der Waals surface area (Å²) >= 11 is 0. The lowest BCUT2D eigenvalue weighted by atomic mass is 9.98. The number of benzene rings is 4. The van der Waals surface area contributed by atoms with E-state index in [9.17, 15) is 0 Å². The molecule has 222 valence electrons. The molecule has 1 aliphatic carbocycles. The third kappa shape index (κ3) is 8.32. The van der Waals surface area contributed by atoms with Gasteiger partial charge >= 0.3 is 0 Å². The Morgan fingerprint density at radius 2 is 1.19 bits per heavy atom. The van der Waals surface area contributed by atoms with E-state index >= 15 is 0 Å². The van der Waals surface area contributed by atoms with Crippen LogP contribution in [0.3, 0.4) is 0 Å². The summed E-state index contributed by atoms with van der Waals surface area (Å²) in [5, 5.41) is 0. The monoisotopic (exact) mass is 574 g/mol. The first-order chi connectivity index (χ1) is 21.1. The van der Waals surface area contributed by atoms with Crippen molar-refractivity contribution in [2.45, 2.75) is 58.2 Å². The molecule has 4 nitrogen and oxygen atoms in total. The smallest absolute Gasteiger partial charge is 0.239 e. The fourth-order valence-electron chi connectivity index (χ4n) is 5.57. The molecule has 0 N–H and O–H groups in total. The number of hydrogen-bond donors (Lipinski definition) is 0. The molecule has 0 fully saturated rings. The van der Waals surface area contributed by atoms with Gasteiger partial charge in [-0.1, -0.05) is 80.7 Å². The Labute approximate surface area is 256 Å². The second kappa shape index (κ2) is 15.2. The molecule has 0 aromatic heterocycles. The molecule has 4 heteroatoms.